The summed E-state index contributed by atoms with van der Waals surface area (Å²) >= 11 is 0. The molecule has 0 radical (unpaired) electrons. The second kappa shape index (κ2) is 9.12. The summed E-state index contributed by atoms with van der Waals surface area (Å²) in [6.07, 6.45) is 0.941. The molecule has 0 atom stereocenters. The maximum atomic E-state index is 12.9. The lowest BCUT2D eigenvalue weighted by atomic mass is 9.85. The molecule has 1 N–H and O–H groups in total. The summed E-state index contributed by atoms with van der Waals surface area (Å²) in [7, 11) is 1.61. The molecule has 2 aromatic carbocycles. The number of nitrogens with one attached hydrogen (secondary N) is 1. The van der Waals surface area contributed by atoms with Crippen LogP contribution in [0.1, 0.15) is 48.7 Å². The number of hydrogen-bond acceptors (Lipinski definition) is 6. The van der Waals surface area contributed by atoms with Crippen LogP contribution in [0.3, 0.4) is 0 Å². The van der Waals surface area contributed by atoms with E-state index in [1.807, 2.05) is 32.0 Å². The monoisotopic (exact) mass is 422 g/mol. The number of Topliss-reactive ketones (excluding diaryl/α,β-unsaturated/α-hetero) is 1. The first kappa shape index (κ1) is 22.2. The number of esters is 1. The summed E-state index contributed by atoms with van der Waals surface area (Å²) < 4.78 is 10.00. The number of carbonyl (C=O) groups excluding carboxylic acids is 3. The van der Waals surface area contributed by atoms with Crippen LogP contribution >= 0.6 is 0 Å². The zero-order valence-corrected chi connectivity index (χ0v) is 18.2. The number of ether oxygens (including phenoxy) is 2. The van der Waals surface area contributed by atoms with Crippen molar-refractivity contribution in [2.24, 2.45) is 4.99 Å². The molecule has 2 aromatic rings. The molecule has 7 heteroatoms. The normalized spacial score (nSPS) is 14.1. The zero-order chi connectivity index (χ0) is 22.6. The second-order valence-corrected chi connectivity index (χ2v) is 7.92. The Hall–Kier alpha value is -3.48. The third-order valence-electron chi connectivity index (χ3n) is 4.94. The quantitative estimate of drug-likeness (QED) is 0.436. The van der Waals surface area contributed by atoms with Crippen molar-refractivity contribution in [2.75, 3.05) is 19.0 Å². The Morgan fingerprint density at radius 1 is 1.10 bits per heavy atom. The van der Waals surface area contributed by atoms with Gasteiger partial charge in [-0.1, -0.05) is 6.07 Å². The molecule has 31 heavy (non-hydrogen) atoms. The number of amides is 1. The average molecular weight is 422 g/mol. The fraction of sp³-hybridized carbons (Fsp3) is 0.333. The molecule has 0 aliphatic carbocycles. The molecule has 0 spiro atoms. The number of anilines is 1. The lowest BCUT2D eigenvalue weighted by molar-refractivity contribution is -0.152. The molecule has 0 saturated carbocycles. The lowest BCUT2D eigenvalue weighted by Gasteiger charge is -2.29. The molecule has 162 valence electrons. The Balaban J connectivity index is 1.76. The highest BCUT2D eigenvalue weighted by molar-refractivity contribution is 6.37. The van der Waals surface area contributed by atoms with Crippen LogP contribution in [-0.2, 0) is 20.7 Å². The number of ketones is 1. The third-order valence-corrected chi connectivity index (χ3v) is 4.94. The minimum Gasteiger partial charge on any atom is -0.497 e. The van der Waals surface area contributed by atoms with Crippen LogP contribution in [0.25, 0.3) is 0 Å². The summed E-state index contributed by atoms with van der Waals surface area (Å²) in [5.74, 6) is -1.17. The van der Waals surface area contributed by atoms with Gasteiger partial charge in [-0.05, 0) is 69.2 Å². The lowest BCUT2D eigenvalue weighted by Crippen LogP contribution is -2.30. The number of fused-ring (bicyclic) bond motifs is 1. The van der Waals surface area contributed by atoms with Gasteiger partial charge in [-0.25, -0.2) is 4.79 Å². The molecule has 1 amide bonds. The van der Waals surface area contributed by atoms with Crippen molar-refractivity contribution in [1.82, 2.24) is 0 Å². The smallest absolute Gasteiger partial charge is 0.397 e. The molecule has 0 unspecified atom stereocenters. The fourth-order valence-electron chi connectivity index (χ4n) is 3.54. The highest BCUT2D eigenvalue weighted by Crippen LogP contribution is 2.31. The molecule has 3 rings (SSSR count). The number of benzene rings is 2. The number of nitrogens with zero attached hydrogens (tertiary/aromatic N) is 1. The summed E-state index contributed by atoms with van der Waals surface area (Å²) in [5, 5.41) is 2.45. The third kappa shape index (κ3) is 5.36. The minimum absolute atomic E-state index is 0.0894. The number of carbonyl (C=O) groups is 3. The van der Waals surface area contributed by atoms with Gasteiger partial charge in [0.05, 0.1) is 31.4 Å². The first-order chi connectivity index (χ1) is 14.7. The van der Waals surface area contributed by atoms with Gasteiger partial charge >= 0.3 is 11.9 Å². The van der Waals surface area contributed by atoms with E-state index in [4.69, 9.17) is 9.73 Å². The van der Waals surface area contributed by atoms with E-state index in [0.29, 0.717) is 11.3 Å². The Labute approximate surface area is 181 Å². The van der Waals surface area contributed by atoms with Crippen LogP contribution in [0.4, 0.5) is 5.69 Å². The molecular weight excluding hydrogens is 396 g/mol. The van der Waals surface area contributed by atoms with E-state index in [1.165, 1.54) is 0 Å². The Bertz CT molecular complexity index is 1040. The van der Waals surface area contributed by atoms with E-state index in [9.17, 15) is 14.4 Å². The van der Waals surface area contributed by atoms with Gasteiger partial charge in [0.2, 0.25) is 0 Å². The Morgan fingerprint density at radius 3 is 2.45 bits per heavy atom. The van der Waals surface area contributed by atoms with Gasteiger partial charge in [0.15, 0.2) is 5.78 Å². The molecule has 1 heterocycles. The average Bonchev–Trinajstić information content (AvgIpc) is 2.73. The van der Waals surface area contributed by atoms with E-state index in [1.54, 1.807) is 38.3 Å². The maximum absolute atomic E-state index is 12.9. The standard InChI is InChI=1S/C24H26N2O5/c1-5-31-23(29)22(28)25-17-9-6-15(7-10-17)21(27)13-20-19-12-18(30-4)11-8-16(19)14-24(2,3)26-20/h6-12H,5,13-14H2,1-4H3,(H,25,28). The highest BCUT2D eigenvalue weighted by Gasteiger charge is 2.28. The van der Waals surface area contributed by atoms with Gasteiger partial charge < -0.3 is 14.8 Å². The fourth-order valence-corrected chi connectivity index (χ4v) is 3.54. The second-order valence-electron chi connectivity index (χ2n) is 7.92. The van der Waals surface area contributed by atoms with Gasteiger partial charge in [-0.2, -0.15) is 0 Å². The topological polar surface area (TPSA) is 94.1 Å². The van der Waals surface area contributed by atoms with Crippen molar-refractivity contribution in [2.45, 2.75) is 39.2 Å². The first-order valence-electron chi connectivity index (χ1n) is 10.1. The van der Waals surface area contributed by atoms with Crippen LogP contribution in [0.5, 0.6) is 5.75 Å². The van der Waals surface area contributed by atoms with Gasteiger partial charge in [0.1, 0.15) is 5.75 Å². The Morgan fingerprint density at radius 2 is 1.81 bits per heavy atom. The highest BCUT2D eigenvalue weighted by atomic mass is 16.5. The van der Waals surface area contributed by atoms with Crippen molar-refractivity contribution in [1.29, 1.82) is 0 Å². The molecule has 0 fully saturated rings. The van der Waals surface area contributed by atoms with Gasteiger partial charge in [0, 0.05) is 16.8 Å². The van der Waals surface area contributed by atoms with Crippen LogP contribution in [-0.4, -0.2) is 42.6 Å². The van der Waals surface area contributed by atoms with Crippen LogP contribution in [0, 0.1) is 0 Å². The molecule has 0 saturated heterocycles. The van der Waals surface area contributed by atoms with Gasteiger partial charge in [-0.15, -0.1) is 0 Å². The van der Waals surface area contributed by atoms with Gasteiger partial charge in [0.25, 0.3) is 0 Å². The van der Waals surface area contributed by atoms with Crippen molar-refractivity contribution >= 4 is 29.1 Å². The maximum Gasteiger partial charge on any atom is 0.397 e. The molecule has 7 nitrogen and oxygen atoms in total. The SMILES string of the molecule is CCOC(=O)C(=O)Nc1ccc(C(=O)CC2=NC(C)(C)Cc3ccc(OC)cc32)cc1. The number of hydrogen-bond donors (Lipinski definition) is 1. The number of rotatable bonds is 6. The van der Waals surface area contributed by atoms with Crippen molar-refractivity contribution in [3.63, 3.8) is 0 Å². The summed E-state index contributed by atoms with van der Waals surface area (Å²) in [6, 6.07) is 12.2. The van der Waals surface area contributed by atoms with Crippen LogP contribution < -0.4 is 10.1 Å². The molecule has 1 aliphatic rings. The first-order valence-corrected chi connectivity index (χ1v) is 10.1. The summed E-state index contributed by atoms with van der Waals surface area (Å²) in [6.45, 7) is 5.84. The van der Waals surface area contributed by atoms with E-state index in [0.717, 1.165) is 29.0 Å². The molecule has 1 aliphatic heterocycles. The van der Waals surface area contributed by atoms with Gasteiger partial charge in [-0.3, -0.25) is 14.6 Å². The van der Waals surface area contributed by atoms with Crippen LogP contribution in [0.15, 0.2) is 47.5 Å². The predicted molar refractivity (Wildman–Crippen MR) is 118 cm³/mol. The predicted octanol–water partition coefficient (Wildman–Crippen LogP) is 3.59. The number of methoxy groups -OCH3 is 1. The minimum atomic E-state index is -0.949. The molecular formula is C24H26N2O5. The largest absolute Gasteiger partial charge is 0.497 e. The summed E-state index contributed by atoms with van der Waals surface area (Å²) in [5.41, 5.74) is 3.41. The van der Waals surface area contributed by atoms with Crippen molar-refractivity contribution in [3.05, 3.63) is 59.2 Å². The van der Waals surface area contributed by atoms with Crippen molar-refractivity contribution in [3.8, 4) is 5.75 Å². The number of aliphatic imine (C=N–C) groups is 1. The molecule has 0 bridgehead atoms. The zero-order valence-electron chi connectivity index (χ0n) is 18.2. The van der Waals surface area contributed by atoms with Crippen LogP contribution in [0.2, 0.25) is 0 Å². The van der Waals surface area contributed by atoms with E-state index >= 15 is 0 Å². The Kier molecular flexibility index (Phi) is 6.53. The van der Waals surface area contributed by atoms with E-state index < -0.39 is 11.9 Å². The summed E-state index contributed by atoms with van der Waals surface area (Å²) in [4.78, 5) is 40.9. The van der Waals surface area contributed by atoms with E-state index in [-0.39, 0.29) is 24.3 Å². The molecule has 0 aromatic heterocycles. The van der Waals surface area contributed by atoms with Crippen molar-refractivity contribution < 1.29 is 23.9 Å². The van der Waals surface area contributed by atoms with E-state index in [2.05, 4.69) is 10.1 Å².